The van der Waals surface area contributed by atoms with Crippen molar-refractivity contribution in [3.63, 3.8) is 0 Å². The van der Waals surface area contributed by atoms with Gasteiger partial charge in [-0.15, -0.1) is 13.2 Å². The van der Waals surface area contributed by atoms with Gasteiger partial charge in [0.2, 0.25) is 0 Å². The lowest BCUT2D eigenvalue weighted by Crippen LogP contribution is -2.48. The van der Waals surface area contributed by atoms with E-state index in [2.05, 4.69) is 20.3 Å². The fourth-order valence-electron chi connectivity index (χ4n) is 2.68. The summed E-state index contributed by atoms with van der Waals surface area (Å²) in [5, 5.41) is 14.4. The minimum absolute atomic E-state index is 0.0601. The summed E-state index contributed by atoms with van der Waals surface area (Å²) < 4.78 is 40.0. The van der Waals surface area contributed by atoms with E-state index in [1.54, 1.807) is 0 Å². The van der Waals surface area contributed by atoms with Gasteiger partial charge in [-0.05, 0) is 43.7 Å². The number of hydrogen-bond acceptors (Lipinski definition) is 4. The van der Waals surface area contributed by atoms with Crippen LogP contribution in [0, 0.1) is 0 Å². The Balaban J connectivity index is 1.72. The number of ether oxygens (including phenoxy) is 1. The number of nitrogens with one attached hydrogen (secondary N) is 2. The molecule has 1 aliphatic heterocycles. The number of anilines is 1. The van der Waals surface area contributed by atoms with E-state index in [9.17, 15) is 18.0 Å². The average molecular weight is 347 g/mol. The number of nitrogens with zero attached hydrogens (tertiary/aromatic N) is 1. The van der Waals surface area contributed by atoms with Gasteiger partial charge in [0.25, 0.3) is 0 Å². The van der Waals surface area contributed by atoms with Crippen LogP contribution < -0.4 is 15.4 Å². The average Bonchev–Trinajstić information content (AvgIpc) is 2.47. The van der Waals surface area contributed by atoms with Crippen LogP contribution in [0.2, 0.25) is 0 Å². The van der Waals surface area contributed by atoms with Gasteiger partial charge in [0.05, 0.1) is 0 Å². The van der Waals surface area contributed by atoms with Crippen LogP contribution in [0.1, 0.15) is 12.8 Å². The standard InChI is InChI=1S/C15H20F3N3O3/c16-15(17,18)24-13-5-3-11(4-6-13)19-7-9-21-8-1-2-12(10-21)20-14(22)23/h3-6,12,19-20H,1-2,7-10H2,(H,22,23). The van der Waals surface area contributed by atoms with Crippen molar-refractivity contribution >= 4 is 11.8 Å². The Labute approximate surface area is 137 Å². The number of alkyl halides is 3. The van der Waals surface area contributed by atoms with Crippen molar-refractivity contribution in [1.82, 2.24) is 10.2 Å². The van der Waals surface area contributed by atoms with Crippen LogP contribution in [-0.4, -0.2) is 54.7 Å². The van der Waals surface area contributed by atoms with Crippen LogP contribution in [0.5, 0.6) is 5.75 Å². The van der Waals surface area contributed by atoms with Crippen molar-refractivity contribution in [2.45, 2.75) is 25.2 Å². The number of rotatable bonds is 6. The zero-order valence-corrected chi connectivity index (χ0v) is 13.0. The molecule has 1 amide bonds. The number of piperidine rings is 1. The van der Waals surface area contributed by atoms with Gasteiger partial charge in [-0.1, -0.05) is 0 Å². The number of halogens is 3. The van der Waals surface area contributed by atoms with E-state index in [1.807, 2.05) is 0 Å². The molecule has 1 aromatic carbocycles. The highest BCUT2D eigenvalue weighted by molar-refractivity contribution is 5.64. The normalized spacial score (nSPS) is 18.9. The SMILES string of the molecule is O=C(O)NC1CCCN(CCNc2ccc(OC(F)(F)F)cc2)C1. The van der Waals surface area contributed by atoms with Gasteiger partial charge in [-0.3, -0.25) is 4.90 Å². The van der Waals surface area contributed by atoms with Gasteiger partial charge in [0.15, 0.2) is 0 Å². The highest BCUT2D eigenvalue weighted by Gasteiger charge is 2.30. The minimum atomic E-state index is -4.69. The number of carboxylic acid groups (broad SMARTS) is 1. The number of amides is 1. The summed E-state index contributed by atoms with van der Waals surface area (Å²) >= 11 is 0. The highest BCUT2D eigenvalue weighted by atomic mass is 19.4. The monoisotopic (exact) mass is 347 g/mol. The summed E-state index contributed by atoms with van der Waals surface area (Å²) in [5.41, 5.74) is 0.696. The first kappa shape index (κ1) is 18.2. The van der Waals surface area contributed by atoms with Gasteiger partial charge < -0.3 is 20.5 Å². The third-order valence-electron chi connectivity index (χ3n) is 3.68. The second kappa shape index (κ2) is 8.09. The maximum absolute atomic E-state index is 12.1. The molecule has 1 fully saturated rings. The van der Waals surface area contributed by atoms with E-state index >= 15 is 0 Å². The van der Waals surface area contributed by atoms with E-state index < -0.39 is 12.5 Å². The molecule has 0 spiro atoms. The van der Waals surface area contributed by atoms with E-state index in [0.29, 0.717) is 18.8 Å². The Hall–Kier alpha value is -2.16. The Bertz CT molecular complexity index is 537. The number of hydrogen-bond donors (Lipinski definition) is 3. The van der Waals surface area contributed by atoms with Crippen LogP contribution in [-0.2, 0) is 0 Å². The van der Waals surface area contributed by atoms with Crippen LogP contribution in [0.25, 0.3) is 0 Å². The van der Waals surface area contributed by atoms with E-state index in [0.717, 1.165) is 25.9 Å². The van der Waals surface area contributed by atoms with Crippen LogP contribution in [0.3, 0.4) is 0 Å². The molecular weight excluding hydrogens is 327 g/mol. The van der Waals surface area contributed by atoms with Gasteiger partial charge in [-0.2, -0.15) is 0 Å². The lowest BCUT2D eigenvalue weighted by molar-refractivity contribution is -0.274. The molecule has 1 aliphatic rings. The van der Waals surface area contributed by atoms with E-state index in [4.69, 9.17) is 5.11 Å². The summed E-state index contributed by atoms with van der Waals surface area (Å²) in [5.74, 6) is -0.258. The minimum Gasteiger partial charge on any atom is -0.465 e. The van der Waals surface area contributed by atoms with Crippen molar-refractivity contribution in [1.29, 1.82) is 0 Å². The van der Waals surface area contributed by atoms with Crippen LogP contribution in [0.15, 0.2) is 24.3 Å². The van der Waals surface area contributed by atoms with E-state index in [-0.39, 0.29) is 11.8 Å². The predicted octanol–water partition coefficient (Wildman–Crippen LogP) is 2.73. The Kier molecular flexibility index (Phi) is 6.13. The van der Waals surface area contributed by atoms with Crippen LogP contribution >= 0.6 is 0 Å². The van der Waals surface area contributed by atoms with Gasteiger partial charge in [0, 0.05) is 31.4 Å². The van der Waals surface area contributed by atoms with Gasteiger partial charge in [0.1, 0.15) is 5.75 Å². The Morgan fingerprint density at radius 3 is 2.67 bits per heavy atom. The third-order valence-corrected chi connectivity index (χ3v) is 3.68. The molecule has 3 N–H and O–H groups in total. The molecule has 24 heavy (non-hydrogen) atoms. The summed E-state index contributed by atoms with van der Waals surface area (Å²) in [6.45, 7) is 2.89. The smallest absolute Gasteiger partial charge is 0.465 e. The molecule has 1 heterocycles. The summed E-state index contributed by atoms with van der Waals surface area (Å²) in [4.78, 5) is 12.8. The molecule has 0 aromatic heterocycles. The van der Waals surface area contributed by atoms with Crippen molar-refractivity contribution in [3.05, 3.63) is 24.3 Å². The molecule has 0 bridgehead atoms. The van der Waals surface area contributed by atoms with Crippen molar-refractivity contribution in [3.8, 4) is 5.75 Å². The second-order valence-electron chi connectivity index (χ2n) is 5.59. The molecule has 1 saturated heterocycles. The second-order valence-corrected chi connectivity index (χ2v) is 5.59. The first-order valence-corrected chi connectivity index (χ1v) is 7.63. The Morgan fingerprint density at radius 1 is 1.33 bits per heavy atom. The first-order chi connectivity index (χ1) is 11.3. The lowest BCUT2D eigenvalue weighted by Gasteiger charge is -2.32. The zero-order chi connectivity index (χ0) is 17.6. The van der Waals surface area contributed by atoms with Crippen molar-refractivity contribution < 1.29 is 27.8 Å². The van der Waals surface area contributed by atoms with Gasteiger partial charge >= 0.3 is 12.5 Å². The molecule has 1 aromatic rings. The number of carbonyl (C=O) groups is 1. The maximum Gasteiger partial charge on any atom is 0.573 e. The van der Waals surface area contributed by atoms with Gasteiger partial charge in [-0.25, -0.2) is 4.79 Å². The summed E-state index contributed by atoms with van der Waals surface area (Å²) in [7, 11) is 0. The first-order valence-electron chi connectivity index (χ1n) is 7.63. The molecule has 9 heteroatoms. The molecule has 6 nitrogen and oxygen atoms in total. The van der Waals surface area contributed by atoms with Crippen molar-refractivity contribution in [2.24, 2.45) is 0 Å². The molecule has 1 unspecified atom stereocenters. The summed E-state index contributed by atoms with van der Waals surface area (Å²) in [6.07, 6.45) is -3.95. The molecule has 0 saturated carbocycles. The molecule has 0 radical (unpaired) electrons. The molecule has 0 aliphatic carbocycles. The zero-order valence-electron chi connectivity index (χ0n) is 13.0. The summed E-state index contributed by atoms with van der Waals surface area (Å²) in [6, 6.07) is 5.49. The van der Waals surface area contributed by atoms with E-state index in [1.165, 1.54) is 24.3 Å². The fraction of sp³-hybridized carbons (Fsp3) is 0.533. The number of likely N-dealkylation sites (tertiary alicyclic amines) is 1. The Morgan fingerprint density at radius 2 is 2.04 bits per heavy atom. The largest absolute Gasteiger partial charge is 0.573 e. The topological polar surface area (TPSA) is 73.8 Å². The molecule has 2 rings (SSSR count). The number of benzene rings is 1. The fourth-order valence-corrected chi connectivity index (χ4v) is 2.68. The predicted molar refractivity (Wildman–Crippen MR) is 82.2 cm³/mol. The quantitative estimate of drug-likeness (QED) is 0.738. The van der Waals surface area contributed by atoms with Crippen LogP contribution in [0.4, 0.5) is 23.7 Å². The third kappa shape index (κ3) is 6.53. The molecule has 134 valence electrons. The lowest BCUT2D eigenvalue weighted by atomic mass is 10.1. The molecule has 1 atom stereocenters. The van der Waals surface area contributed by atoms with Crippen molar-refractivity contribution in [2.75, 3.05) is 31.5 Å². The molecular formula is C15H20F3N3O3. The highest BCUT2D eigenvalue weighted by Crippen LogP contribution is 2.23. The maximum atomic E-state index is 12.1.